The van der Waals surface area contributed by atoms with Gasteiger partial charge in [0, 0.05) is 13.1 Å². The van der Waals surface area contributed by atoms with Crippen LogP contribution in [-0.2, 0) is 9.47 Å². The van der Waals surface area contributed by atoms with Crippen molar-refractivity contribution in [3.05, 3.63) is 0 Å². The highest BCUT2D eigenvalue weighted by molar-refractivity contribution is 4.76. The van der Waals surface area contributed by atoms with Crippen LogP contribution in [0, 0.1) is 5.92 Å². The lowest BCUT2D eigenvalue weighted by molar-refractivity contribution is -0.0991. The predicted octanol–water partition coefficient (Wildman–Crippen LogP) is 1.42. The Morgan fingerprint density at radius 1 is 1.29 bits per heavy atom. The van der Waals surface area contributed by atoms with Crippen molar-refractivity contribution in [2.24, 2.45) is 5.92 Å². The van der Waals surface area contributed by atoms with E-state index in [1.165, 1.54) is 0 Å². The average molecular weight is 201 g/mol. The number of hydrogen-bond acceptors (Lipinski definition) is 3. The molecule has 14 heavy (non-hydrogen) atoms. The fourth-order valence-corrected chi connectivity index (χ4v) is 1.52. The Balaban J connectivity index is 2.25. The molecule has 3 nitrogen and oxygen atoms in total. The molecule has 3 heteroatoms. The van der Waals surface area contributed by atoms with E-state index in [4.69, 9.17) is 9.47 Å². The third kappa shape index (κ3) is 3.95. The molecule has 0 saturated carbocycles. The molecule has 0 radical (unpaired) electrons. The monoisotopic (exact) mass is 201 g/mol. The molecule has 2 atom stereocenters. The Morgan fingerprint density at radius 3 is 2.57 bits per heavy atom. The molecule has 0 amide bonds. The fraction of sp³-hybridized carbons (Fsp3) is 1.00. The summed E-state index contributed by atoms with van der Waals surface area (Å²) in [7, 11) is 0. The zero-order chi connectivity index (χ0) is 10.6. The summed E-state index contributed by atoms with van der Waals surface area (Å²) in [6.07, 6.45) is 0.848. The second-order valence-electron chi connectivity index (χ2n) is 4.58. The van der Waals surface area contributed by atoms with Crippen molar-refractivity contribution in [3.63, 3.8) is 0 Å². The first-order valence-corrected chi connectivity index (χ1v) is 5.57. The number of nitrogens with one attached hydrogen (secondary N) is 1. The van der Waals surface area contributed by atoms with Gasteiger partial charge in [-0.25, -0.2) is 0 Å². The van der Waals surface area contributed by atoms with E-state index in [1.54, 1.807) is 0 Å². The molecular weight excluding hydrogens is 178 g/mol. The molecule has 0 aliphatic carbocycles. The van der Waals surface area contributed by atoms with E-state index < -0.39 is 0 Å². The second kappa shape index (κ2) is 5.69. The Morgan fingerprint density at radius 2 is 2.00 bits per heavy atom. The summed E-state index contributed by atoms with van der Waals surface area (Å²) < 4.78 is 11.5. The summed E-state index contributed by atoms with van der Waals surface area (Å²) in [5.41, 5.74) is 0. The zero-order valence-electron chi connectivity index (χ0n) is 9.75. The standard InChI is InChI=1S/C11H23NO2/c1-8(2)11-6-12-5-10(14-11)7-13-9(3)4/h8-12H,5-7H2,1-4H3/t10-,11-/m0/s1. The van der Waals surface area contributed by atoms with Crippen molar-refractivity contribution >= 4 is 0 Å². The first-order valence-electron chi connectivity index (χ1n) is 5.57. The molecule has 0 bridgehead atoms. The van der Waals surface area contributed by atoms with Gasteiger partial charge in [0.15, 0.2) is 0 Å². The van der Waals surface area contributed by atoms with Crippen LogP contribution in [0.1, 0.15) is 27.7 Å². The lowest BCUT2D eigenvalue weighted by Crippen LogP contribution is -2.48. The van der Waals surface area contributed by atoms with Crippen molar-refractivity contribution < 1.29 is 9.47 Å². The van der Waals surface area contributed by atoms with E-state index in [0.717, 1.165) is 13.1 Å². The Hall–Kier alpha value is -0.120. The van der Waals surface area contributed by atoms with Crippen LogP contribution in [0.2, 0.25) is 0 Å². The van der Waals surface area contributed by atoms with Gasteiger partial charge in [0.25, 0.3) is 0 Å². The van der Waals surface area contributed by atoms with E-state index in [0.29, 0.717) is 18.6 Å². The largest absolute Gasteiger partial charge is 0.376 e. The van der Waals surface area contributed by atoms with E-state index in [9.17, 15) is 0 Å². The summed E-state index contributed by atoms with van der Waals surface area (Å²) >= 11 is 0. The predicted molar refractivity (Wildman–Crippen MR) is 57.5 cm³/mol. The number of hydrogen-bond donors (Lipinski definition) is 1. The van der Waals surface area contributed by atoms with Crippen LogP contribution in [0.25, 0.3) is 0 Å². The summed E-state index contributed by atoms with van der Waals surface area (Å²) in [4.78, 5) is 0. The minimum absolute atomic E-state index is 0.221. The molecule has 1 N–H and O–H groups in total. The zero-order valence-corrected chi connectivity index (χ0v) is 9.75. The highest BCUT2D eigenvalue weighted by Gasteiger charge is 2.24. The maximum absolute atomic E-state index is 5.91. The van der Waals surface area contributed by atoms with Gasteiger partial charge in [-0.15, -0.1) is 0 Å². The molecule has 1 saturated heterocycles. The molecule has 0 aromatic heterocycles. The van der Waals surface area contributed by atoms with Gasteiger partial charge >= 0.3 is 0 Å². The third-order valence-corrected chi connectivity index (χ3v) is 2.44. The SMILES string of the molecule is CC(C)OC[C@@H]1CNC[C@@H](C(C)C)O1. The van der Waals surface area contributed by atoms with Crippen LogP contribution in [0.15, 0.2) is 0 Å². The van der Waals surface area contributed by atoms with E-state index >= 15 is 0 Å². The van der Waals surface area contributed by atoms with Crippen LogP contribution >= 0.6 is 0 Å². The first kappa shape index (κ1) is 12.0. The molecule has 0 spiro atoms. The van der Waals surface area contributed by atoms with E-state index in [2.05, 4.69) is 33.0 Å². The Bertz CT molecular complexity index is 159. The van der Waals surface area contributed by atoms with Crippen molar-refractivity contribution in [2.45, 2.75) is 46.0 Å². The van der Waals surface area contributed by atoms with Gasteiger partial charge in [-0.3, -0.25) is 0 Å². The summed E-state index contributed by atoms with van der Waals surface area (Å²) in [5, 5.41) is 3.38. The van der Waals surface area contributed by atoms with Crippen molar-refractivity contribution in [3.8, 4) is 0 Å². The fourth-order valence-electron chi connectivity index (χ4n) is 1.52. The topological polar surface area (TPSA) is 30.5 Å². The lowest BCUT2D eigenvalue weighted by atomic mass is 10.1. The normalized spacial score (nSPS) is 28.7. The van der Waals surface area contributed by atoms with Crippen molar-refractivity contribution in [1.82, 2.24) is 5.32 Å². The Kier molecular flexibility index (Phi) is 4.85. The van der Waals surface area contributed by atoms with Gasteiger partial charge in [-0.2, -0.15) is 0 Å². The van der Waals surface area contributed by atoms with Crippen LogP contribution < -0.4 is 5.32 Å². The van der Waals surface area contributed by atoms with Gasteiger partial charge in [0.1, 0.15) is 0 Å². The number of morpholine rings is 1. The van der Waals surface area contributed by atoms with Crippen LogP contribution in [0.3, 0.4) is 0 Å². The number of rotatable bonds is 4. The molecule has 0 unspecified atom stereocenters. The van der Waals surface area contributed by atoms with Crippen LogP contribution in [-0.4, -0.2) is 38.0 Å². The first-order chi connectivity index (χ1) is 6.59. The molecule has 1 fully saturated rings. The van der Waals surface area contributed by atoms with Crippen molar-refractivity contribution in [1.29, 1.82) is 0 Å². The van der Waals surface area contributed by atoms with Gasteiger partial charge in [0.2, 0.25) is 0 Å². The molecule has 84 valence electrons. The maximum atomic E-state index is 5.91. The molecule has 1 aliphatic rings. The highest BCUT2D eigenvalue weighted by atomic mass is 16.5. The maximum Gasteiger partial charge on any atom is 0.0937 e. The summed E-state index contributed by atoms with van der Waals surface area (Å²) in [5.74, 6) is 0.573. The molecule has 0 aromatic rings. The van der Waals surface area contributed by atoms with Crippen LogP contribution in [0.4, 0.5) is 0 Å². The molecule has 0 aromatic carbocycles. The molecule has 1 rings (SSSR count). The molecule has 1 heterocycles. The Labute approximate surface area is 87.2 Å². The average Bonchev–Trinajstić information content (AvgIpc) is 2.15. The van der Waals surface area contributed by atoms with Gasteiger partial charge in [0.05, 0.1) is 24.9 Å². The minimum atomic E-state index is 0.221. The van der Waals surface area contributed by atoms with E-state index in [1.807, 2.05) is 0 Å². The third-order valence-electron chi connectivity index (χ3n) is 2.44. The lowest BCUT2D eigenvalue weighted by Gasteiger charge is -2.33. The van der Waals surface area contributed by atoms with Crippen molar-refractivity contribution in [2.75, 3.05) is 19.7 Å². The van der Waals surface area contributed by atoms with Crippen LogP contribution in [0.5, 0.6) is 0 Å². The summed E-state index contributed by atoms with van der Waals surface area (Å²) in [6, 6.07) is 0. The van der Waals surface area contributed by atoms with Gasteiger partial charge in [-0.1, -0.05) is 13.8 Å². The highest BCUT2D eigenvalue weighted by Crippen LogP contribution is 2.12. The second-order valence-corrected chi connectivity index (χ2v) is 4.58. The van der Waals surface area contributed by atoms with Gasteiger partial charge < -0.3 is 14.8 Å². The smallest absolute Gasteiger partial charge is 0.0937 e. The molecular formula is C11H23NO2. The number of ether oxygens (including phenoxy) is 2. The van der Waals surface area contributed by atoms with E-state index in [-0.39, 0.29) is 12.2 Å². The quantitative estimate of drug-likeness (QED) is 0.746. The molecule has 1 aliphatic heterocycles. The minimum Gasteiger partial charge on any atom is -0.376 e. The summed E-state index contributed by atoms with van der Waals surface area (Å²) in [6.45, 7) is 11.1. The van der Waals surface area contributed by atoms with Gasteiger partial charge in [-0.05, 0) is 19.8 Å².